The molecule has 5 heteroatoms. The highest BCUT2D eigenvalue weighted by Crippen LogP contribution is 2.36. The lowest BCUT2D eigenvalue weighted by atomic mass is 9.89. The lowest BCUT2D eigenvalue weighted by molar-refractivity contribution is -0.126. The van der Waals surface area contributed by atoms with E-state index in [1.807, 2.05) is 30.3 Å². The molecule has 24 heavy (non-hydrogen) atoms. The van der Waals surface area contributed by atoms with E-state index < -0.39 is 18.1 Å². The second kappa shape index (κ2) is 7.18. The number of ether oxygens (including phenoxy) is 2. The van der Waals surface area contributed by atoms with Gasteiger partial charge in [0.2, 0.25) is 0 Å². The molecule has 0 bridgehead atoms. The van der Waals surface area contributed by atoms with Gasteiger partial charge in [-0.2, -0.15) is 0 Å². The van der Waals surface area contributed by atoms with Gasteiger partial charge in [0.15, 0.2) is 6.10 Å². The molecule has 0 aliphatic heterocycles. The van der Waals surface area contributed by atoms with E-state index in [1.165, 1.54) is 0 Å². The van der Waals surface area contributed by atoms with Crippen molar-refractivity contribution >= 4 is 0 Å². The Bertz CT molecular complexity index is 646. The van der Waals surface area contributed by atoms with Crippen LogP contribution in [0.3, 0.4) is 0 Å². The van der Waals surface area contributed by atoms with Crippen LogP contribution >= 0.6 is 0 Å². The molecular formula is C19H21F2NO2. The smallest absolute Gasteiger partial charge is 0.285 e. The predicted octanol–water partition coefficient (Wildman–Crippen LogP) is 4.16. The first-order valence-corrected chi connectivity index (χ1v) is 8.11. The fourth-order valence-electron chi connectivity index (χ4n) is 2.86. The van der Waals surface area contributed by atoms with Gasteiger partial charge in [-0.25, -0.2) is 8.78 Å². The summed E-state index contributed by atoms with van der Waals surface area (Å²) in [5.74, 6) is -1.85. The minimum atomic E-state index is -2.89. The third-order valence-electron chi connectivity index (χ3n) is 4.19. The minimum Gasteiger partial charge on any atom is -0.489 e. The average Bonchev–Trinajstić information content (AvgIpc) is 2.58. The van der Waals surface area contributed by atoms with Crippen LogP contribution in [0.5, 0.6) is 11.5 Å². The Morgan fingerprint density at radius 3 is 2.33 bits per heavy atom. The van der Waals surface area contributed by atoms with E-state index in [9.17, 15) is 8.78 Å². The third-order valence-corrected chi connectivity index (χ3v) is 4.19. The molecule has 0 aromatic heterocycles. The molecule has 1 fully saturated rings. The van der Waals surface area contributed by atoms with Gasteiger partial charge in [-0.3, -0.25) is 0 Å². The van der Waals surface area contributed by atoms with E-state index in [0.717, 1.165) is 5.56 Å². The molecular weight excluding hydrogens is 312 g/mol. The second-order valence-electron chi connectivity index (χ2n) is 6.10. The van der Waals surface area contributed by atoms with Crippen LogP contribution in [0.15, 0.2) is 54.6 Å². The topological polar surface area (TPSA) is 44.5 Å². The Hall–Kier alpha value is -2.14. The van der Waals surface area contributed by atoms with Crippen LogP contribution < -0.4 is 15.2 Å². The van der Waals surface area contributed by atoms with Crippen LogP contribution in [0.2, 0.25) is 0 Å². The minimum absolute atomic E-state index is 0.177. The van der Waals surface area contributed by atoms with Gasteiger partial charge in [0.1, 0.15) is 18.1 Å². The second-order valence-corrected chi connectivity index (χ2v) is 6.10. The van der Waals surface area contributed by atoms with Crippen molar-refractivity contribution in [2.24, 2.45) is 5.73 Å². The van der Waals surface area contributed by atoms with Crippen molar-refractivity contribution in [2.75, 3.05) is 0 Å². The molecule has 0 unspecified atom stereocenters. The Labute approximate surface area is 140 Å². The zero-order chi connectivity index (χ0) is 17.0. The fraction of sp³-hybridized carbons (Fsp3) is 0.368. The highest BCUT2D eigenvalue weighted by molar-refractivity contribution is 5.32. The van der Waals surface area contributed by atoms with Gasteiger partial charge in [0.05, 0.1) is 0 Å². The van der Waals surface area contributed by atoms with Gasteiger partial charge in [0.25, 0.3) is 5.92 Å². The number of rotatable bonds is 5. The molecule has 0 heterocycles. The van der Waals surface area contributed by atoms with Crippen molar-refractivity contribution in [3.8, 4) is 11.5 Å². The summed E-state index contributed by atoms with van der Waals surface area (Å²) in [6, 6.07) is 15.8. The van der Waals surface area contributed by atoms with Gasteiger partial charge in [-0.15, -0.1) is 0 Å². The highest BCUT2D eigenvalue weighted by Gasteiger charge is 2.47. The molecule has 128 valence electrons. The summed E-state index contributed by atoms with van der Waals surface area (Å²) in [4.78, 5) is 0. The Morgan fingerprint density at radius 1 is 1.00 bits per heavy atom. The summed E-state index contributed by atoms with van der Waals surface area (Å²) >= 11 is 0. The van der Waals surface area contributed by atoms with Crippen molar-refractivity contribution in [3.05, 3.63) is 60.2 Å². The monoisotopic (exact) mass is 333 g/mol. The molecule has 2 aromatic carbocycles. The first-order valence-electron chi connectivity index (χ1n) is 8.11. The Balaban J connectivity index is 1.60. The van der Waals surface area contributed by atoms with Crippen molar-refractivity contribution in [1.29, 1.82) is 0 Å². The molecule has 3 nitrogen and oxygen atoms in total. The molecule has 2 aromatic rings. The van der Waals surface area contributed by atoms with E-state index in [2.05, 4.69) is 0 Å². The number of hydrogen-bond acceptors (Lipinski definition) is 3. The Morgan fingerprint density at radius 2 is 1.67 bits per heavy atom. The van der Waals surface area contributed by atoms with E-state index in [4.69, 9.17) is 15.2 Å². The zero-order valence-corrected chi connectivity index (χ0v) is 13.3. The molecule has 0 spiro atoms. The summed E-state index contributed by atoms with van der Waals surface area (Å²) in [6.45, 7) is 0.451. The van der Waals surface area contributed by atoms with E-state index in [-0.39, 0.29) is 6.42 Å². The average molecular weight is 333 g/mol. The van der Waals surface area contributed by atoms with Crippen LogP contribution in [-0.4, -0.2) is 18.1 Å². The highest BCUT2D eigenvalue weighted by atomic mass is 19.3. The SMILES string of the molecule is N[C@@H]1CCCC(F)(F)[C@@H]1Oc1ccc(OCc2ccccc2)cc1. The lowest BCUT2D eigenvalue weighted by Gasteiger charge is -2.35. The van der Waals surface area contributed by atoms with Crippen LogP contribution in [0, 0.1) is 0 Å². The van der Waals surface area contributed by atoms with Crippen LogP contribution in [-0.2, 0) is 6.61 Å². The third kappa shape index (κ3) is 4.03. The summed E-state index contributed by atoms with van der Waals surface area (Å²) in [5.41, 5.74) is 6.88. The van der Waals surface area contributed by atoms with E-state index >= 15 is 0 Å². The fourth-order valence-corrected chi connectivity index (χ4v) is 2.86. The van der Waals surface area contributed by atoms with E-state index in [0.29, 0.717) is 30.9 Å². The lowest BCUT2D eigenvalue weighted by Crippen LogP contribution is -2.53. The summed E-state index contributed by atoms with van der Waals surface area (Å²) in [7, 11) is 0. The number of alkyl halides is 2. The van der Waals surface area contributed by atoms with E-state index in [1.54, 1.807) is 24.3 Å². The van der Waals surface area contributed by atoms with Crippen molar-refractivity contribution in [1.82, 2.24) is 0 Å². The van der Waals surface area contributed by atoms with Crippen molar-refractivity contribution in [3.63, 3.8) is 0 Å². The van der Waals surface area contributed by atoms with Crippen LogP contribution in [0.4, 0.5) is 8.78 Å². The number of halogens is 2. The maximum absolute atomic E-state index is 14.0. The van der Waals surface area contributed by atoms with Gasteiger partial charge < -0.3 is 15.2 Å². The standard InChI is InChI=1S/C19H21F2NO2/c20-19(21)12-4-7-17(22)18(19)24-16-10-8-15(9-11-16)23-13-14-5-2-1-3-6-14/h1-3,5-6,8-11,17-18H,4,7,12-13,22H2/t17-,18-/m1/s1. The van der Waals surface area contributed by atoms with Gasteiger partial charge in [0, 0.05) is 12.5 Å². The van der Waals surface area contributed by atoms with Crippen molar-refractivity contribution in [2.45, 2.75) is 43.9 Å². The molecule has 1 aliphatic rings. The number of hydrogen-bond donors (Lipinski definition) is 1. The van der Waals surface area contributed by atoms with Crippen LogP contribution in [0.25, 0.3) is 0 Å². The normalized spacial score (nSPS) is 22.8. The number of benzene rings is 2. The molecule has 0 radical (unpaired) electrons. The molecule has 1 saturated carbocycles. The first-order chi connectivity index (χ1) is 11.5. The maximum atomic E-state index is 14.0. The maximum Gasteiger partial charge on any atom is 0.285 e. The first kappa shape index (κ1) is 16.7. The van der Waals surface area contributed by atoms with Crippen molar-refractivity contribution < 1.29 is 18.3 Å². The van der Waals surface area contributed by atoms with Gasteiger partial charge in [-0.1, -0.05) is 30.3 Å². The molecule has 2 atom stereocenters. The van der Waals surface area contributed by atoms with Crippen LogP contribution in [0.1, 0.15) is 24.8 Å². The number of nitrogens with two attached hydrogens (primary N) is 1. The predicted molar refractivity (Wildman–Crippen MR) is 88.4 cm³/mol. The largest absolute Gasteiger partial charge is 0.489 e. The Kier molecular flexibility index (Phi) is 5.00. The summed E-state index contributed by atoms with van der Waals surface area (Å²) in [5, 5.41) is 0. The quantitative estimate of drug-likeness (QED) is 0.893. The molecule has 3 rings (SSSR count). The molecule has 0 amide bonds. The van der Waals surface area contributed by atoms with Gasteiger partial charge in [-0.05, 0) is 42.7 Å². The summed E-state index contributed by atoms with van der Waals surface area (Å²) in [6.07, 6.45) is -0.468. The molecule has 0 saturated heterocycles. The van der Waals surface area contributed by atoms with Gasteiger partial charge >= 0.3 is 0 Å². The zero-order valence-electron chi connectivity index (χ0n) is 13.3. The molecule has 2 N–H and O–H groups in total. The summed E-state index contributed by atoms with van der Waals surface area (Å²) < 4.78 is 39.1. The molecule has 1 aliphatic carbocycles.